The van der Waals surface area contributed by atoms with Crippen LogP contribution in [0.3, 0.4) is 0 Å². The van der Waals surface area contributed by atoms with E-state index in [0.717, 1.165) is 43.5 Å². The van der Waals surface area contributed by atoms with Gasteiger partial charge in [-0.05, 0) is 78.1 Å². The van der Waals surface area contributed by atoms with Gasteiger partial charge < -0.3 is 4.74 Å². The van der Waals surface area contributed by atoms with Crippen LogP contribution >= 0.6 is 0 Å². The van der Waals surface area contributed by atoms with E-state index in [9.17, 15) is 19.2 Å². The van der Waals surface area contributed by atoms with E-state index in [2.05, 4.69) is 23.5 Å². The van der Waals surface area contributed by atoms with Crippen molar-refractivity contribution in [2.45, 2.75) is 20.3 Å². The molecule has 0 spiro atoms. The van der Waals surface area contributed by atoms with E-state index in [4.69, 9.17) is 4.74 Å². The first-order valence-electron chi connectivity index (χ1n) is 12.4. The quantitative estimate of drug-likeness (QED) is 0.214. The summed E-state index contributed by atoms with van der Waals surface area (Å²) >= 11 is 0. The number of barbiturate groups is 1. The number of hydrogen-bond acceptors (Lipinski definition) is 5. The Morgan fingerprint density at radius 1 is 0.897 bits per heavy atom. The molecule has 39 heavy (non-hydrogen) atoms. The highest BCUT2D eigenvalue weighted by Gasteiger charge is 2.37. The van der Waals surface area contributed by atoms with E-state index in [1.54, 1.807) is 6.08 Å². The number of nitrogens with zero attached hydrogens (tertiary/aromatic N) is 1. The van der Waals surface area contributed by atoms with Crippen LogP contribution in [0.2, 0.25) is 0 Å². The van der Waals surface area contributed by atoms with E-state index in [1.165, 1.54) is 31.4 Å². The van der Waals surface area contributed by atoms with Gasteiger partial charge in [-0.25, -0.2) is 14.5 Å². The Morgan fingerprint density at radius 2 is 1.59 bits per heavy atom. The first-order chi connectivity index (χ1) is 18.7. The van der Waals surface area contributed by atoms with Gasteiger partial charge >= 0.3 is 12.0 Å². The molecule has 0 atom stereocenters. The van der Waals surface area contributed by atoms with Gasteiger partial charge in [0.1, 0.15) is 5.57 Å². The second-order valence-electron chi connectivity index (χ2n) is 9.53. The van der Waals surface area contributed by atoms with Crippen molar-refractivity contribution in [3.63, 3.8) is 0 Å². The molecule has 0 saturated carbocycles. The van der Waals surface area contributed by atoms with Crippen LogP contribution in [0.4, 0.5) is 10.5 Å². The van der Waals surface area contributed by atoms with Gasteiger partial charge in [-0.1, -0.05) is 65.7 Å². The van der Waals surface area contributed by atoms with Crippen molar-refractivity contribution in [1.82, 2.24) is 5.32 Å². The predicted molar refractivity (Wildman–Crippen MR) is 149 cm³/mol. The highest BCUT2D eigenvalue weighted by atomic mass is 16.5. The van der Waals surface area contributed by atoms with Crippen LogP contribution in [0.1, 0.15) is 38.2 Å². The van der Waals surface area contributed by atoms with E-state index in [-0.39, 0.29) is 16.8 Å². The summed E-state index contributed by atoms with van der Waals surface area (Å²) in [5, 5.41) is 4.13. The molecule has 1 fully saturated rings. The average molecular weight is 519 g/mol. The number of nitrogens with one attached hydrogen (secondary N) is 1. The fourth-order valence-corrected chi connectivity index (χ4v) is 4.96. The van der Waals surface area contributed by atoms with Gasteiger partial charge in [0.15, 0.2) is 0 Å². The molecule has 4 aromatic carbocycles. The van der Waals surface area contributed by atoms with E-state index in [0.29, 0.717) is 6.42 Å². The summed E-state index contributed by atoms with van der Waals surface area (Å²) in [7, 11) is 1.27. The molecule has 4 aromatic rings. The third-order valence-electron chi connectivity index (χ3n) is 6.67. The van der Waals surface area contributed by atoms with Crippen molar-refractivity contribution in [2.24, 2.45) is 0 Å². The summed E-state index contributed by atoms with van der Waals surface area (Å²) in [4.78, 5) is 52.0. The largest absolute Gasteiger partial charge is 0.465 e. The number of carbonyl (C=O) groups excluding carboxylic acids is 4. The first kappa shape index (κ1) is 25.6. The Morgan fingerprint density at radius 3 is 2.28 bits per heavy atom. The monoisotopic (exact) mass is 518 g/mol. The van der Waals surface area contributed by atoms with Gasteiger partial charge in [0, 0.05) is 0 Å². The third kappa shape index (κ3) is 5.07. The van der Waals surface area contributed by atoms with E-state index >= 15 is 0 Å². The lowest BCUT2D eigenvalue weighted by atomic mass is 9.91. The summed E-state index contributed by atoms with van der Waals surface area (Å²) in [6.07, 6.45) is 2.17. The number of hydrogen-bond donors (Lipinski definition) is 1. The molecular weight excluding hydrogens is 492 g/mol. The number of fused-ring (bicyclic) bond motifs is 1. The maximum Gasteiger partial charge on any atom is 0.337 e. The highest BCUT2D eigenvalue weighted by molar-refractivity contribution is 6.39. The lowest BCUT2D eigenvalue weighted by Crippen LogP contribution is -2.54. The van der Waals surface area contributed by atoms with Crippen molar-refractivity contribution < 1.29 is 23.9 Å². The molecule has 0 aliphatic carbocycles. The molecule has 0 bridgehead atoms. The Balaban J connectivity index is 1.60. The van der Waals surface area contributed by atoms with Crippen molar-refractivity contribution >= 4 is 46.4 Å². The summed E-state index contributed by atoms with van der Waals surface area (Å²) in [5.74, 6) is -2.06. The molecule has 1 heterocycles. The number of methoxy groups -OCH3 is 1. The highest BCUT2D eigenvalue weighted by Crippen LogP contribution is 2.29. The molecule has 7 nitrogen and oxygen atoms in total. The van der Waals surface area contributed by atoms with Gasteiger partial charge in [0.05, 0.1) is 18.4 Å². The summed E-state index contributed by atoms with van der Waals surface area (Å²) in [6, 6.07) is 23.1. The number of imide groups is 2. The van der Waals surface area contributed by atoms with Crippen LogP contribution in [0.25, 0.3) is 16.8 Å². The second-order valence-corrected chi connectivity index (χ2v) is 9.53. The number of ether oxygens (including phenoxy) is 1. The summed E-state index contributed by atoms with van der Waals surface area (Å²) in [5.41, 5.74) is 5.43. The van der Waals surface area contributed by atoms with Crippen molar-refractivity contribution in [2.75, 3.05) is 12.0 Å². The number of amides is 4. The lowest BCUT2D eigenvalue weighted by Gasteiger charge is -2.26. The second kappa shape index (κ2) is 10.4. The number of rotatable bonds is 5. The molecule has 0 aromatic heterocycles. The van der Waals surface area contributed by atoms with Gasteiger partial charge in [-0.2, -0.15) is 0 Å². The molecule has 1 aliphatic heterocycles. The Hall–Kier alpha value is -5.04. The number of esters is 1. The fourth-order valence-electron chi connectivity index (χ4n) is 4.96. The number of benzene rings is 4. The standard InChI is InChI=1S/C32H26N2O5/c1-19-14-20(2)16-21(15-19)17-24-9-8-22-6-4-5-7-26(22)27(24)18-28-29(35)33-32(38)34(30(28)36)25-12-10-23(11-13-25)31(37)39-3/h4-16,18H,17H2,1-3H3,(H,33,35,38)/b28-18+. The third-order valence-corrected chi connectivity index (χ3v) is 6.67. The molecule has 0 unspecified atom stereocenters. The van der Waals surface area contributed by atoms with E-state index in [1.807, 2.05) is 50.2 Å². The lowest BCUT2D eigenvalue weighted by molar-refractivity contribution is -0.122. The van der Waals surface area contributed by atoms with Crippen molar-refractivity contribution in [3.05, 3.63) is 118 Å². The van der Waals surface area contributed by atoms with Crippen LogP contribution in [-0.4, -0.2) is 30.9 Å². The molecule has 1 aliphatic rings. The Labute approximate surface area is 225 Å². The topological polar surface area (TPSA) is 92.8 Å². The SMILES string of the molecule is COC(=O)c1ccc(N2C(=O)NC(=O)/C(=C\c3c(Cc4cc(C)cc(C)c4)ccc4ccccc34)C2=O)cc1. The van der Waals surface area contributed by atoms with Crippen molar-refractivity contribution in [3.8, 4) is 0 Å². The average Bonchev–Trinajstić information content (AvgIpc) is 2.91. The van der Waals surface area contributed by atoms with Crippen LogP contribution < -0.4 is 10.2 Å². The van der Waals surface area contributed by atoms with Crippen LogP contribution in [0.5, 0.6) is 0 Å². The minimum absolute atomic E-state index is 0.162. The zero-order chi connectivity index (χ0) is 27.7. The minimum Gasteiger partial charge on any atom is -0.465 e. The zero-order valence-corrected chi connectivity index (χ0v) is 21.8. The predicted octanol–water partition coefficient (Wildman–Crippen LogP) is 5.50. The molecular formula is C32H26N2O5. The summed E-state index contributed by atoms with van der Waals surface area (Å²) < 4.78 is 4.71. The molecule has 7 heteroatoms. The molecule has 194 valence electrons. The van der Waals surface area contributed by atoms with Gasteiger partial charge in [-0.3, -0.25) is 14.9 Å². The van der Waals surface area contributed by atoms with Gasteiger partial charge in [0.2, 0.25) is 0 Å². The molecule has 1 saturated heterocycles. The smallest absolute Gasteiger partial charge is 0.337 e. The molecule has 4 amide bonds. The number of carbonyl (C=O) groups is 4. The first-order valence-corrected chi connectivity index (χ1v) is 12.4. The maximum absolute atomic E-state index is 13.6. The zero-order valence-electron chi connectivity index (χ0n) is 21.8. The Kier molecular flexibility index (Phi) is 6.81. The molecule has 5 rings (SSSR count). The fraction of sp³-hybridized carbons (Fsp3) is 0.125. The van der Waals surface area contributed by atoms with E-state index < -0.39 is 23.8 Å². The Bertz CT molecular complexity index is 1660. The normalized spacial score (nSPS) is 14.6. The maximum atomic E-state index is 13.6. The molecule has 1 N–H and O–H groups in total. The van der Waals surface area contributed by atoms with Crippen molar-refractivity contribution in [1.29, 1.82) is 0 Å². The number of anilines is 1. The summed E-state index contributed by atoms with van der Waals surface area (Å²) in [6.45, 7) is 4.10. The minimum atomic E-state index is -0.860. The number of aryl methyl sites for hydroxylation is 2. The van der Waals surface area contributed by atoms with Crippen LogP contribution in [0.15, 0.2) is 84.4 Å². The van der Waals surface area contributed by atoms with Gasteiger partial charge in [-0.15, -0.1) is 0 Å². The van der Waals surface area contributed by atoms with Gasteiger partial charge in [0.25, 0.3) is 11.8 Å². The number of urea groups is 1. The molecule has 0 radical (unpaired) electrons. The van der Waals surface area contributed by atoms with Crippen LogP contribution in [-0.2, 0) is 20.7 Å². The van der Waals surface area contributed by atoms with Crippen LogP contribution in [0, 0.1) is 13.8 Å².